The number of carbonyl (C=O) groups excluding carboxylic acids is 1. The predicted octanol–water partition coefficient (Wildman–Crippen LogP) is 3.64. The molecule has 1 aromatic carbocycles. The Labute approximate surface area is 138 Å². The molecule has 0 aliphatic heterocycles. The molecule has 4 nitrogen and oxygen atoms in total. The Bertz CT molecular complexity index is 502. The van der Waals surface area contributed by atoms with Gasteiger partial charge < -0.3 is 10.0 Å². The van der Waals surface area contributed by atoms with Crippen LogP contribution < -0.4 is 0 Å². The lowest BCUT2D eigenvalue weighted by Gasteiger charge is -2.30. The number of rotatable bonds is 7. The summed E-state index contributed by atoms with van der Waals surface area (Å²) in [6.07, 6.45) is -0.0292. The van der Waals surface area contributed by atoms with E-state index in [1.165, 1.54) is 11.8 Å². The number of halogens is 1. The summed E-state index contributed by atoms with van der Waals surface area (Å²) in [6, 6.07) is 7.78. The van der Waals surface area contributed by atoms with Crippen molar-refractivity contribution in [2.24, 2.45) is 0 Å². The van der Waals surface area contributed by atoms with Crippen LogP contribution in [-0.4, -0.2) is 39.7 Å². The Kier molecular flexibility index (Phi) is 6.74. The van der Waals surface area contributed by atoms with E-state index in [0.29, 0.717) is 6.54 Å². The largest absolute Gasteiger partial charge is 0.481 e. The number of hydrogen-bond donors (Lipinski definition) is 1. The summed E-state index contributed by atoms with van der Waals surface area (Å²) in [5.74, 6) is -0.932. The highest BCUT2D eigenvalue weighted by Crippen LogP contribution is 2.34. The standard InChI is InChI=1S/C15H20BrNO3S/c1-4-17(10-9-13(18)19)14(20)15(2,3)21-12-7-5-11(16)6-8-12/h5-8H,4,9-10H2,1-3H3,(H,18,19). The molecule has 1 rings (SSSR count). The third kappa shape index (κ3) is 5.71. The van der Waals surface area contributed by atoms with E-state index in [9.17, 15) is 9.59 Å². The Balaban J connectivity index is 2.76. The van der Waals surface area contributed by atoms with Gasteiger partial charge >= 0.3 is 5.97 Å². The number of amides is 1. The summed E-state index contributed by atoms with van der Waals surface area (Å²) in [6.45, 7) is 6.35. The van der Waals surface area contributed by atoms with Crippen molar-refractivity contribution >= 4 is 39.6 Å². The highest BCUT2D eigenvalue weighted by molar-refractivity contribution is 9.10. The van der Waals surface area contributed by atoms with E-state index in [1.54, 1.807) is 4.90 Å². The average molecular weight is 374 g/mol. The highest BCUT2D eigenvalue weighted by atomic mass is 79.9. The Hall–Kier alpha value is -1.01. The molecule has 0 saturated carbocycles. The Morgan fingerprint density at radius 2 is 1.86 bits per heavy atom. The first-order chi connectivity index (χ1) is 9.76. The molecule has 0 spiro atoms. The van der Waals surface area contributed by atoms with Gasteiger partial charge in [-0.25, -0.2) is 0 Å². The fraction of sp³-hybridized carbons (Fsp3) is 0.467. The molecule has 1 aromatic rings. The first-order valence-corrected chi connectivity index (χ1v) is 8.33. The molecule has 6 heteroatoms. The van der Waals surface area contributed by atoms with E-state index >= 15 is 0 Å². The molecule has 0 aromatic heterocycles. The Morgan fingerprint density at radius 3 is 2.33 bits per heavy atom. The van der Waals surface area contributed by atoms with Crippen LogP contribution in [-0.2, 0) is 9.59 Å². The van der Waals surface area contributed by atoms with Crippen LogP contribution in [0, 0.1) is 0 Å². The molecule has 0 fully saturated rings. The normalized spacial score (nSPS) is 11.2. The van der Waals surface area contributed by atoms with Crippen LogP contribution in [0.2, 0.25) is 0 Å². The van der Waals surface area contributed by atoms with Gasteiger partial charge in [0.1, 0.15) is 0 Å². The predicted molar refractivity (Wildman–Crippen MR) is 88.6 cm³/mol. The summed E-state index contributed by atoms with van der Waals surface area (Å²) in [7, 11) is 0. The van der Waals surface area contributed by atoms with Crippen molar-refractivity contribution in [2.45, 2.75) is 36.8 Å². The molecule has 0 bridgehead atoms. The summed E-state index contributed by atoms with van der Waals surface area (Å²) < 4.78 is 0.357. The average Bonchev–Trinajstić information content (AvgIpc) is 2.41. The van der Waals surface area contributed by atoms with Gasteiger partial charge in [-0.2, -0.15) is 0 Å². The smallest absolute Gasteiger partial charge is 0.305 e. The maximum atomic E-state index is 12.6. The molecule has 0 aliphatic carbocycles. The number of carboxylic acids is 1. The summed E-state index contributed by atoms with van der Waals surface area (Å²) in [5.41, 5.74) is 0. The summed E-state index contributed by atoms with van der Waals surface area (Å²) in [5, 5.41) is 8.76. The zero-order valence-electron chi connectivity index (χ0n) is 12.4. The lowest BCUT2D eigenvalue weighted by atomic mass is 10.1. The van der Waals surface area contributed by atoms with Crippen LogP contribution >= 0.6 is 27.7 Å². The van der Waals surface area contributed by atoms with E-state index in [2.05, 4.69) is 15.9 Å². The second-order valence-electron chi connectivity index (χ2n) is 5.09. The molecular weight excluding hydrogens is 354 g/mol. The van der Waals surface area contributed by atoms with Gasteiger partial charge in [0.25, 0.3) is 0 Å². The van der Waals surface area contributed by atoms with Crippen molar-refractivity contribution in [3.8, 4) is 0 Å². The van der Waals surface area contributed by atoms with Gasteiger partial charge in [0.05, 0.1) is 11.2 Å². The SMILES string of the molecule is CCN(CCC(=O)O)C(=O)C(C)(C)Sc1ccc(Br)cc1. The van der Waals surface area contributed by atoms with Gasteiger partial charge in [-0.15, -0.1) is 11.8 Å². The number of benzene rings is 1. The van der Waals surface area contributed by atoms with Gasteiger partial charge in [0.2, 0.25) is 5.91 Å². The minimum atomic E-state index is -0.889. The molecule has 1 amide bonds. The first-order valence-electron chi connectivity index (χ1n) is 6.72. The molecule has 0 atom stereocenters. The van der Waals surface area contributed by atoms with Crippen molar-refractivity contribution in [3.05, 3.63) is 28.7 Å². The Morgan fingerprint density at radius 1 is 1.29 bits per heavy atom. The summed E-state index contributed by atoms with van der Waals surface area (Å²) in [4.78, 5) is 25.9. The number of carbonyl (C=O) groups is 2. The topological polar surface area (TPSA) is 57.6 Å². The lowest BCUT2D eigenvalue weighted by molar-refractivity contribution is -0.138. The second-order valence-corrected chi connectivity index (χ2v) is 7.71. The van der Waals surface area contributed by atoms with Gasteiger partial charge in [0.15, 0.2) is 0 Å². The maximum absolute atomic E-state index is 12.6. The molecule has 0 radical (unpaired) electrons. The van der Waals surface area contributed by atoms with Gasteiger partial charge in [-0.3, -0.25) is 9.59 Å². The molecule has 1 N–H and O–H groups in total. The van der Waals surface area contributed by atoms with Crippen molar-refractivity contribution < 1.29 is 14.7 Å². The molecule has 0 aliphatic rings. The molecule has 0 heterocycles. The van der Waals surface area contributed by atoms with Crippen LogP contribution in [0.5, 0.6) is 0 Å². The number of carboxylic acid groups (broad SMARTS) is 1. The zero-order valence-corrected chi connectivity index (χ0v) is 14.8. The van der Waals surface area contributed by atoms with Crippen molar-refractivity contribution in [1.82, 2.24) is 4.90 Å². The second kappa shape index (κ2) is 7.84. The van der Waals surface area contributed by atoms with E-state index in [0.717, 1.165) is 9.37 Å². The van der Waals surface area contributed by atoms with Crippen LogP contribution in [0.15, 0.2) is 33.6 Å². The van der Waals surface area contributed by atoms with Gasteiger partial charge in [-0.05, 0) is 45.0 Å². The van der Waals surface area contributed by atoms with Crippen LogP contribution in [0.4, 0.5) is 0 Å². The van der Waals surface area contributed by atoms with Crippen LogP contribution in [0.1, 0.15) is 27.2 Å². The van der Waals surface area contributed by atoms with E-state index in [4.69, 9.17) is 5.11 Å². The highest BCUT2D eigenvalue weighted by Gasteiger charge is 2.32. The quantitative estimate of drug-likeness (QED) is 0.741. The van der Waals surface area contributed by atoms with E-state index < -0.39 is 10.7 Å². The number of thioether (sulfide) groups is 1. The molecule has 0 saturated heterocycles. The van der Waals surface area contributed by atoms with Crippen LogP contribution in [0.25, 0.3) is 0 Å². The van der Waals surface area contributed by atoms with Gasteiger partial charge in [-0.1, -0.05) is 15.9 Å². The fourth-order valence-corrected chi connectivity index (χ4v) is 3.20. The van der Waals surface area contributed by atoms with Gasteiger partial charge in [0, 0.05) is 22.5 Å². The lowest BCUT2D eigenvalue weighted by Crippen LogP contribution is -2.44. The minimum Gasteiger partial charge on any atom is -0.481 e. The van der Waals surface area contributed by atoms with Crippen LogP contribution in [0.3, 0.4) is 0 Å². The molecule has 21 heavy (non-hydrogen) atoms. The molecular formula is C15H20BrNO3S. The molecule has 0 unspecified atom stereocenters. The third-order valence-corrected chi connectivity index (χ3v) is 4.69. The summed E-state index contributed by atoms with van der Waals surface area (Å²) >= 11 is 4.86. The fourth-order valence-electron chi connectivity index (χ4n) is 1.86. The van der Waals surface area contributed by atoms with E-state index in [-0.39, 0.29) is 18.9 Å². The first kappa shape index (κ1) is 18.0. The number of hydrogen-bond acceptors (Lipinski definition) is 3. The zero-order chi connectivity index (χ0) is 16.0. The van der Waals surface area contributed by atoms with Crippen molar-refractivity contribution in [3.63, 3.8) is 0 Å². The minimum absolute atomic E-state index is 0.0292. The third-order valence-electron chi connectivity index (χ3n) is 2.97. The molecule has 116 valence electrons. The maximum Gasteiger partial charge on any atom is 0.305 e. The number of nitrogens with zero attached hydrogens (tertiary/aromatic N) is 1. The monoisotopic (exact) mass is 373 g/mol. The van der Waals surface area contributed by atoms with Crippen molar-refractivity contribution in [1.29, 1.82) is 0 Å². The van der Waals surface area contributed by atoms with E-state index in [1.807, 2.05) is 45.0 Å². The van der Waals surface area contributed by atoms with Crippen molar-refractivity contribution in [2.75, 3.05) is 13.1 Å². The number of aliphatic carboxylic acids is 1.